The van der Waals surface area contributed by atoms with E-state index >= 15 is 0 Å². The van der Waals surface area contributed by atoms with Crippen molar-refractivity contribution < 1.29 is 0 Å². The highest BCUT2D eigenvalue weighted by Crippen LogP contribution is 2.48. The molecular weight excluding hydrogens is 689 g/mol. The molecule has 0 nitrogen and oxygen atoms in total. The van der Waals surface area contributed by atoms with Crippen LogP contribution in [0.5, 0.6) is 0 Å². The second kappa shape index (κ2) is 11.6. The third-order valence-electron chi connectivity index (χ3n) is 11.4. The monoisotopic (exact) mass is 718 g/mol. The average molecular weight is 719 g/mol. The fourth-order valence-corrected chi connectivity index (χ4v) is 11.5. The highest BCUT2D eigenvalue weighted by molar-refractivity contribution is 7.29. The molecule has 0 fully saturated rings. The number of hydrogen-bond donors (Lipinski definition) is 0. The van der Waals surface area contributed by atoms with Gasteiger partial charge in [-0.1, -0.05) is 152 Å². The molecule has 2 heteroatoms. The predicted molar refractivity (Wildman–Crippen MR) is 239 cm³/mol. The lowest BCUT2D eigenvalue weighted by Gasteiger charge is -2.19. The normalized spacial score (nSPS) is 12.1. The summed E-state index contributed by atoms with van der Waals surface area (Å²) in [6.07, 6.45) is 0. The maximum absolute atomic E-state index is 2.42. The molecule has 0 aliphatic rings. The topological polar surface area (TPSA) is 0 Å². The standard InChI is InChI=1S/C52H30S2/c1-2-12-31(13-3-1)49-38-16-6-8-18-40(38)50(41-19-9-7-17-39(41)49)42-25-24-35(36-14-4-5-15-37(36)42)33-23-22-32-29-45-43-26-27-47-51(44-20-10-11-21-46(44)53-47)52(43)54-48(45)30-34(32)28-33/h1-30H. The molecule has 250 valence electrons. The Bertz CT molecular complexity index is 3430. The van der Waals surface area contributed by atoms with Gasteiger partial charge in [0.25, 0.3) is 0 Å². The van der Waals surface area contributed by atoms with Crippen LogP contribution in [0.2, 0.25) is 0 Å². The zero-order valence-electron chi connectivity index (χ0n) is 29.1. The molecule has 0 amide bonds. The number of thiophene rings is 2. The van der Waals surface area contributed by atoms with Crippen LogP contribution in [0, 0.1) is 0 Å². The van der Waals surface area contributed by atoms with Crippen LogP contribution in [0.25, 0.3) is 117 Å². The van der Waals surface area contributed by atoms with Gasteiger partial charge in [0, 0.05) is 40.3 Å². The van der Waals surface area contributed by atoms with E-state index in [0.29, 0.717) is 0 Å². The smallest absolute Gasteiger partial charge is 0.0448 e. The maximum atomic E-state index is 2.42. The van der Waals surface area contributed by atoms with E-state index in [1.54, 1.807) is 0 Å². The second-order valence-electron chi connectivity index (χ2n) is 14.3. The molecule has 0 radical (unpaired) electrons. The highest BCUT2D eigenvalue weighted by Gasteiger charge is 2.19. The number of rotatable bonds is 3. The SMILES string of the molecule is c1ccc(-c2c3ccccc3c(-c3ccc(-c4ccc5cc6c(cc5c4)sc4c6ccc5sc6ccccc6c54)c4ccccc34)c3ccccc23)cc1. The maximum Gasteiger partial charge on any atom is 0.0448 e. The molecular formula is C52H30S2. The first kappa shape index (κ1) is 30.2. The Balaban J connectivity index is 1.06. The van der Waals surface area contributed by atoms with Gasteiger partial charge in [-0.05, 0) is 107 Å². The number of benzene rings is 10. The minimum Gasteiger partial charge on any atom is -0.135 e. The molecule has 12 aromatic rings. The Hall–Kier alpha value is -6.32. The molecule has 2 aromatic heterocycles. The Labute approximate surface area is 319 Å². The van der Waals surface area contributed by atoms with E-state index in [2.05, 4.69) is 182 Å². The van der Waals surface area contributed by atoms with Crippen LogP contribution in [0.15, 0.2) is 182 Å². The second-order valence-corrected chi connectivity index (χ2v) is 16.5. The van der Waals surface area contributed by atoms with Crippen molar-refractivity contribution in [1.82, 2.24) is 0 Å². The molecule has 10 aromatic carbocycles. The molecule has 0 unspecified atom stereocenters. The molecule has 0 aliphatic carbocycles. The Morgan fingerprint density at radius 3 is 1.63 bits per heavy atom. The fraction of sp³-hybridized carbons (Fsp3) is 0. The van der Waals surface area contributed by atoms with Crippen molar-refractivity contribution in [2.45, 2.75) is 0 Å². The molecule has 0 bridgehead atoms. The van der Waals surface area contributed by atoms with Gasteiger partial charge >= 0.3 is 0 Å². The van der Waals surface area contributed by atoms with Crippen molar-refractivity contribution in [3.05, 3.63) is 182 Å². The lowest BCUT2D eigenvalue weighted by Crippen LogP contribution is -1.92. The molecule has 2 heterocycles. The summed E-state index contributed by atoms with van der Waals surface area (Å²) in [6.45, 7) is 0. The number of fused-ring (bicyclic) bond motifs is 11. The van der Waals surface area contributed by atoms with E-state index in [1.165, 1.54) is 117 Å². The first-order chi connectivity index (χ1) is 26.8. The van der Waals surface area contributed by atoms with Gasteiger partial charge in [-0.25, -0.2) is 0 Å². The van der Waals surface area contributed by atoms with Gasteiger partial charge < -0.3 is 0 Å². The summed E-state index contributed by atoms with van der Waals surface area (Å²) in [7, 11) is 0. The Morgan fingerprint density at radius 2 is 0.889 bits per heavy atom. The molecule has 12 rings (SSSR count). The van der Waals surface area contributed by atoms with E-state index in [4.69, 9.17) is 0 Å². The summed E-state index contributed by atoms with van der Waals surface area (Å²) in [5, 5.41) is 15.7. The molecule has 0 saturated heterocycles. The summed E-state index contributed by atoms with van der Waals surface area (Å²) in [5.74, 6) is 0. The number of hydrogen-bond acceptors (Lipinski definition) is 2. The van der Waals surface area contributed by atoms with E-state index in [1.807, 2.05) is 22.7 Å². The van der Waals surface area contributed by atoms with Crippen molar-refractivity contribution in [1.29, 1.82) is 0 Å². The molecule has 0 saturated carbocycles. The van der Waals surface area contributed by atoms with Crippen molar-refractivity contribution in [3.8, 4) is 33.4 Å². The lowest BCUT2D eigenvalue weighted by molar-refractivity contribution is 1.65. The molecule has 54 heavy (non-hydrogen) atoms. The van der Waals surface area contributed by atoms with E-state index in [9.17, 15) is 0 Å². The predicted octanol–water partition coefficient (Wildman–Crippen LogP) is 16.0. The summed E-state index contributed by atoms with van der Waals surface area (Å²) in [5.41, 5.74) is 7.60. The van der Waals surface area contributed by atoms with Gasteiger partial charge in [-0.15, -0.1) is 22.7 Å². The van der Waals surface area contributed by atoms with Gasteiger partial charge in [-0.3, -0.25) is 0 Å². The summed E-state index contributed by atoms with van der Waals surface area (Å²) < 4.78 is 5.46. The lowest BCUT2D eigenvalue weighted by atomic mass is 9.84. The Kier molecular flexibility index (Phi) is 6.48. The van der Waals surface area contributed by atoms with Crippen molar-refractivity contribution in [2.24, 2.45) is 0 Å². The summed E-state index contributed by atoms with van der Waals surface area (Å²) in [4.78, 5) is 0. The van der Waals surface area contributed by atoms with E-state index in [-0.39, 0.29) is 0 Å². The van der Waals surface area contributed by atoms with Crippen molar-refractivity contribution in [2.75, 3.05) is 0 Å². The zero-order chi connectivity index (χ0) is 35.3. The first-order valence-corrected chi connectivity index (χ1v) is 20.1. The van der Waals surface area contributed by atoms with Crippen molar-refractivity contribution in [3.63, 3.8) is 0 Å². The minimum atomic E-state index is 1.24. The van der Waals surface area contributed by atoms with Crippen LogP contribution < -0.4 is 0 Å². The van der Waals surface area contributed by atoms with Crippen LogP contribution >= 0.6 is 22.7 Å². The molecule has 0 spiro atoms. The third-order valence-corrected chi connectivity index (χ3v) is 13.8. The zero-order valence-corrected chi connectivity index (χ0v) is 30.8. The highest BCUT2D eigenvalue weighted by atomic mass is 32.1. The van der Waals surface area contributed by atoms with Crippen LogP contribution in [-0.4, -0.2) is 0 Å². The first-order valence-electron chi connectivity index (χ1n) is 18.5. The van der Waals surface area contributed by atoms with Gasteiger partial charge in [0.2, 0.25) is 0 Å². The van der Waals surface area contributed by atoms with Crippen LogP contribution in [0.3, 0.4) is 0 Å². The van der Waals surface area contributed by atoms with Crippen LogP contribution in [0.4, 0.5) is 0 Å². The van der Waals surface area contributed by atoms with E-state index < -0.39 is 0 Å². The summed E-state index contributed by atoms with van der Waals surface area (Å²) >= 11 is 3.83. The van der Waals surface area contributed by atoms with Gasteiger partial charge in [0.15, 0.2) is 0 Å². The summed E-state index contributed by atoms with van der Waals surface area (Å²) in [6, 6.07) is 67.8. The fourth-order valence-electron chi connectivity index (χ4n) is 9.06. The van der Waals surface area contributed by atoms with Crippen molar-refractivity contribution >= 4 is 106 Å². The molecule has 0 atom stereocenters. The minimum absolute atomic E-state index is 1.24. The van der Waals surface area contributed by atoms with Crippen LogP contribution in [-0.2, 0) is 0 Å². The van der Waals surface area contributed by atoms with Gasteiger partial charge in [0.05, 0.1) is 0 Å². The van der Waals surface area contributed by atoms with E-state index in [0.717, 1.165) is 0 Å². The molecule has 0 N–H and O–H groups in total. The largest absolute Gasteiger partial charge is 0.135 e. The third kappa shape index (κ3) is 4.36. The quantitative estimate of drug-likeness (QED) is 0.160. The van der Waals surface area contributed by atoms with Crippen LogP contribution in [0.1, 0.15) is 0 Å². The van der Waals surface area contributed by atoms with Gasteiger partial charge in [-0.2, -0.15) is 0 Å². The average Bonchev–Trinajstić information content (AvgIpc) is 3.79. The van der Waals surface area contributed by atoms with Gasteiger partial charge in [0.1, 0.15) is 0 Å². The molecule has 0 aliphatic heterocycles. The Morgan fingerprint density at radius 1 is 0.278 bits per heavy atom.